The van der Waals surface area contributed by atoms with Crippen LogP contribution in [0.2, 0.25) is 0 Å². The quantitative estimate of drug-likeness (QED) is 0.147. The maximum Gasteiger partial charge on any atom is 0.416 e. The fourth-order valence-electron chi connectivity index (χ4n) is 5.65. The van der Waals surface area contributed by atoms with E-state index in [4.69, 9.17) is 18.9 Å². The van der Waals surface area contributed by atoms with Crippen LogP contribution in [-0.4, -0.2) is 24.5 Å². The smallest absolute Gasteiger partial charge is 0.416 e. The second kappa shape index (κ2) is 13.4. The molecule has 8 rings (SSSR count). The number of nitrogens with zero attached hydrogens (tertiary/aromatic N) is 5. The van der Waals surface area contributed by atoms with Crippen LogP contribution in [0.4, 0.5) is 13.2 Å². The van der Waals surface area contributed by atoms with Crippen LogP contribution >= 0.6 is 0 Å². The number of halogens is 3. The summed E-state index contributed by atoms with van der Waals surface area (Å²) in [7, 11) is 0. The van der Waals surface area contributed by atoms with Crippen molar-refractivity contribution < 1.29 is 32.1 Å². The van der Waals surface area contributed by atoms with Gasteiger partial charge in [-0.05, 0) is 79.2 Å². The van der Waals surface area contributed by atoms with Crippen molar-refractivity contribution in [2.45, 2.75) is 13.1 Å². The van der Waals surface area contributed by atoms with E-state index in [1.54, 1.807) is 55.0 Å². The van der Waals surface area contributed by atoms with Gasteiger partial charge in [-0.2, -0.15) is 13.2 Å². The van der Waals surface area contributed by atoms with E-state index in [9.17, 15) is 13.2 Å². The molecule has 0 radical (unpaired) electrons. The van der Waals surface area contributed by atoms with E-state index < -0.39 is 11.7 Å². The van der Waals surface area contributed by atoms with Crippen LogP contribution in [-0.2, 0) is 6.18 Å². The number of aryl methyl sites for hydroxylation is 1. The molecule has 52 heavy (non-hydrogen) atoms. The highest BCUT2D eigenvalue weighted by Gasteiger charge is 2.31. The lowest BCUT2D eigenvalue weighted by molar-refractivity contribution is -0.137. The average Bonchev–Trinajstić information content (AvgIpc) is 3.45. The monoisotopic (exact) mass is 697 g/mol. The Bertz CT molecular complexity index is 2560. The molecule has 256 valence electrons. The van der Waals surface area contributed by atoms with Crippen LogP contribution in [0.15, 0.2) is 140 Å². The molecule has 0 bridgehead atoms. The maximum absolute atomic E-state index is 13.2. The first kappa shape index (κ1) is 32.3. The van der Waals surface area contributed by atoms with Crippen LogP contribution in [0, 0.1) is 6.92 Å². The first-order chi connectivity index (χ1) is 25.2. The van der Waals surface area contributed by atoms with Gasteiger partial charge in [0.1, 0.15) is 34.5 Å². The molecule has 9 nitrogen and oxygen atoms in total. The van der Waals surface area contributed by atoms with Crippen molar-refractivity contribution in [2.24, 2.45) is 0 Å². The van der Waals surface area contributed by atoms with Crippen molar-refractivity contribution in [3.05, 3.63) is 151 Å². The van der Waals surface area contributed by atoms with E-state index >= 15 is 0 Å². The Morgan fingerprint density at radius 3 is 1.52 bits per heavy atom. The van der Waals surface area contributed by atoms with Gasteiger partial charge in [0.05, 0.1) is 16.6 Å². The van der Waals surface area contributed by atoms with Crippen molar-refractivity contribution in [1.82, 2.24) is 24.5 Å². The van der Waals surface area contributed by atoms with E-state index in [0.717, 1.165) is 45.7 Å². The van der Waals surface area contributed by atoms with Crippen LogP contribution in [0.25, 0.3) is 27.8 Å². The van der Waals surface area contributed by atoms with Crippen molar-refractivity contribution >= 4 is 21.8 Å². The van der Waals surface area contributed by atoms with E-state index in [1.165, 1.54) is 0 Å². The Morgan fingerprint density at radius 2 is 0.981 bits per heavy atom. The molecular formula is C40H26F3N5O4. The van der Waals surface area contributed by atoms with Gasteiger partial charge in [-0.3, -0.25) is 4.57 Å². The number of hydrogen-bond donors (Lipinski definition) is 0. The zero-order valence-corrected chi connectivity index (χ0v) is 27.3. The molecule has 0 unspecified atom stereocenters. The summed E-state index contributed by atoms with van der Waals surface area (Å²) in [5, 5.41) is 1.86. The fourth-order valence-corrected chi connectivity index (χ4v) is 5.65. The Kier molecular flexibility index (Phi) is 8.32. The number of pyridine rings is 2. The third-order valence-electron chi connectivity index (χ3n) is 7.94. The lowest BCUT2D eigenvalue weighted by Crippen LogP contribution is -2.05. The SMILES string of the molecule is Cc1ccnc(Oc2cccc(Oc3ccc4c5ccc(Oc6cccc(Oc7cc(C(F)(F)F)ccn7)c6)cc5n(-c5ncccn5)c4c3)c2)c1. The molecular weight excluding hydrogens is 671 g/mol. The minimum Gasteiger partial charge on any atom is -0.457 e. The van der Waals surface area contributed by atoms with Crippen molar-refractivity contribution in [3.8, 4) is 52.2 Å². The van der Waals surface area contributed by atoms with Gasteiger partial charge < -0.3 is 18.9 Å². The first-order valence-corrected chi connectivity index (χ1v) is 16.0. The minimum atomic E-state index is -4.52. The molecule has 0 atom stereocenters. The summed E-state index contributed by atoms with van der Waals surface area (Å²) in [6.45, 7) is 1.97. The average molecular weight is 698 g/mol. The third kappa shape index (κ3) is 6.90. The second-order valence-electron chi connectivity index (χ2n) is 11.7. The lowest BCUT2D eigenvalue weighted by Gasteiger charge is -2.11. The van der Waals surface area contributed by atoms with Crippen LogP contribution < -0.4 is 18.9 Å². The minimum absolute atomic E-state index is 0.190. The number of aromatic nitrogens is 5. The molecule has 0 aliphatic carbocycles. The molecule has 0 aliphatic heterocycles. The van der Waals surface area contributed by atoms with Gasteiger partial charge in [-0.1, -0.05) is 12.1 Å². The largest absolute Gasteiger partial charge is 0.457 e. The molecule has 0 saturated carbocycles. The van der Waals surface area contributed by atoms with Gasteiger partial charge in [0.15, 0.2) is 0 Å². The first-order valence-electron chi connectivity index (χ1n) is 16.0. The molecule has 0 N–H and O–H groups in total. The number of fused-ring (bicyclic) bond motifs is 3. The number of rotatable bonds is 9. The van der Waals surface area contributed by atoms with Gasteiger partial charge in [-0.25, -0.2) is 19.9 Å². The van der Waals surface area contributed by atoms with Gasteiger partial charge >= 0.3 is 6.18 Å². The second-order valence-corrected chi connectivity index (χ2v) is 11.7. The Labute approximate surface area is 294 Å². The van der Waals surface area contributed by atoms with Gasteiger partial charge in [0.25, 0.3) is 0 Å². The molecule has 0 saturated heterocycles. The zero-order valence-electron chi connectivity index (χ0n) is 27.3. The summed E-state index contributed by atoms with van der Waals surface area (Å²) in [5.74, 6) is 3.65. The van der Waals surface area contributed by atoms with Gasteiger partial charge in [-0.15, -0.1) is 0 Å². The van der Waals surface area contributed by atoms with Crippen LogP contribution in [0.5, 0.6) is 46.3 Å². The fraction of sp³-hybridized carbons (Fsp3) is 0.0500. The topological polar surface area (TPSA) is 93.4 Å². The molecule has 0 fully saturated rings. The molecule has 8 aromatic rings. The predicted octanol–water partition coefficient (Wildman–Crippen LogP) is 10.9. The van der Waals surface area contributed by atoms with E-state index in [1.807, 2.05) is 78.2 Å². The summed E-state index contributed by atoms with van der Waals surface area (Å²) >= 11 is 0. The molecule has 0 spiro atoms. The normalized spacial score (nSPS) is 11.5. The molecule has 4 aromatic carbocycles. The van der Waals surface area contributed by atoms with E-state index in [-0.39, 0.29) is 11.6 Å². The Balaban J connectivity index is 1.10. The Hall–Kier alpha value is -6.95. The number of benzene rings is 4. The summed E-state index contributed by atoms with van der Waals surface area (Å²) in [5.41, 5.74) is 1.76. The molecule has 4 heterocycles. The zero-order chi connectivity index (χ0) is 35.7. The molecule has 0 aliphatic rings. The molecule has 0 amide bonds. The number of ether oxygens (including phenoxy) is 4. The summed E-state index contributed by atoms with van der Waals surface area (Å²) in [4.78, 5) is 17.3. The standard InChI is InChI=1S/C40H26F3N5O4/c1-25-13-17-44-37(19-25)51-29-7-2-5-27(21-29)49-31-9-11-33-34-12-10-32(24-36(34)48(35(33)23-31)39-46-15-4-16-47-39)50-28-6-3-8-30(22-28)52-38-20-26(14-18-45-38)40(41,42)43/h2-24H,1H3. The lowest BCUT2D eigenvalue weighted by atomic mass is 10.1. The van der Waals surface area contributed by atoms with Crippen molar-refractivity contribution in [1.29, 1.82) is 0 Å². The third-order valence-corrected chi connectivity index (χ3v) is 7.94. The van der Waals surface area contributed by atoms with Crippen molar-refractivity contribution in [3.63, 3.8) is 0 Å². The van der Waals surface area contributed by atoms with E-state index in [0.29, 0.717) is 40.6 Å². The summed E-state index contributed by atoms with van der Waals surface area (Å²) < 4.78 is 65.6. The van der Waals surface area contributed by atoms with Crippen LogP contribution in [0.1, 0.15) is 11.1 Å². The highest BCUT2D eigenvalue weighted by Crippen LogP contribution is 2.38. The number of hydrogen-bond acceptors (Lipinski definition) is 8. The number of alkyl halides is 3. The molecule has 12 heteroatoms. The summed E-state index contributed by atoms with van der Waals surface area (Å²) in [6, 6.07) is 32.6. The maximum atomic E-state index is 13.2. The molecule has 4 aromatic heterocycles. The van der Waals surface area contributed by atoms with E-state index in [2.05, 4.69) is 19.9 Å². The summed E-state index contributed by atoms with van der Waals surface area (Å²) in [6.07, 6.45) is 1.56. The Morgan fingerprint density at radius 1 is 0.481 bits per heavy atom. The predicted molar refractivity (Wildman–Crippen MR) is 188 cm³/mol. The van der Waals surface area contributed by atoms with Gasteiger partial charge in [0, 0.05) is 72.0 Å². The van der Waals surface area contributed by atoms with Crippen LogP contribution in [0.3, 0.4) is 0 Å². The van der Waals surface area contributed by atoms with Gasteiger partial charge in [0.2, 0.25) is 17.7 Å². The highest BCUT2D eigenvalue weighted by molar-refractivity contribution is 6.09. The highest BCUT2D eigenvalue weighted by atomic mass is 19.4. The van der Waals surface area contributed by atoms with Crippen molar-refractivity contribution in [2.75, 3.05) is 0 Å².